The Hall–Kier alpha value is -0.810. The lowest BCUT2D eigenvalue weighted by Crippen LogP contribution is -2.36. The smallest absolute Gasteiger partial charge is 0.192 e. The maximum absolute atomic E-state index is 13.1. The summed E-state index contributed by atoms with van der Waals surface area (Å²) in [5, 5.41) is 5.95. The summed E-state index contributed by atoms with van der Waals surface area (Å²) in [7, 11) is 1.65. The number of hydrogen-bond donors (Lipinski definition) is 2. The van der Waals surface area contributed by atoms with E-state index in [0.29, 0.717) is 23.5 Å². The van der Waals surface area contributed by atoms with E-state index in [1.165, 1.54) is 12.1 Å². The average molecular weight is 426 g/mol. The molecule has 0 atom stereocenters. The van der Waals surface area contributed by atoms with Crippen LogP contribution >= 0.6 is 39.9 Å². The predicted octanol–water partition coefficient (Wildman–Crippen LogP) is 2.50. The normalized spacial score (nSPS) is 10.2. The van der Waals surface area contributed by atoms with E-state index in [1.807, 2.05) is 6.07 Å². The second-order valence-electron chi connectivity index (χ2n) is 3.26. The third kappa shape index (κ3) is 6.21. The molecule has 3 nitrogen and oxygen atoms in total. The minimum absolute atomic E-state index is 0. The van der Waals surface area contributed by atoms with Crippen LogP contribution in [0.4, 0.5) is 4.39 Å². The van der Waals surface area contributed by atoms with Crippen molar-refractivity contribution in [2.75, 3.05) is 13.6 Å². The summed E-state index contributed by atoms with van der Waals surface area (Å²) in [5.74, 6) is 2.76. The zero-order valence-corrected chi connectivity index (χ0v) is 13.8. The van der Waals surface area contributed by atoms with Crippen molar-refractivity contribution in [3.8, 4) is 12.3 Å². The SMILES string of the molecule is C#CCNC(=NC)NCc1cc(F)cc(Br)c1.I. The number of nitrogens with one attached hydrogen (secondary N) is 2. The van der Waals surface area contributed by atoms with E-state index in [0.717, 1.165) is 5.56 Å². The van der Waals surface area contributed by atoms with Crippen LogP contribution in [0, 0.1) is 18.2 Å². The molecule has 18 heavy (non-hydrogen) atoms. The molecule has 2 N–H and O–H groups in total. The molecule has 0 bridgehead atoms. The van der Waals surface area contributed by atoms with Crippen LogP contribution in [0.5, 0.6) is 0 Å². The van der Waals surface area contributed by atoms with Gasteiger partial charge in [0.05, 0.1) is 6.54 Å². The minimum Gasteiger partial charge on any atom is -0.352 e. The van der Waals surface area contributed by atoms with Crippen molar-refractivity contribution in [2.45, 2.75) is 6.54 Å². The molecule has 0 aliphatic rings. The van der Waals surface area contributed by atoms with Gasteiger partial charge < -0.3 is 10.6 Å². The molecular formula is C12H14BrFIN3. The number of benzene rings is 1. The molecule has 6 heteroatoms. The Labute approximate surface area is 132 Å². The second kappa shape index (κ2) is 9.16. The fraction of sp³-hybridized carbons (Fsp3) is 0.250. The van der Waals surface area contributed by atoms with Gasteiger partial charge >= 0.3 is 0 Å². The molecule has 0 saturated heterocycles. The van der Waals surface area contributed by atoms with Gasteiger partial charge in [0.2, 0.25) is 0 Å². The van der Waals surface area contributed by atoms with Gasteiger partial charge in [-0.2, -0.15) is 0 Å². The summed E-state index contributed by atoms with van der Waals surface area (Å²) in [5.41, 5.74) is 0.820. The molecule has 0 saturated carbocycles. The molecule has 0 unspecified atom stereocenters. The molecule has 98 valence electrons. The zero-order valence-electron chi connectivity index (χ0n) is 9.84. The monoisotopic (exact) mass is 425 g/mol. The molecule has 0 radical (unpaired) electrons. The highest BCUT2D eigenvalue weighted by Gasteiger charge is 2.00. The van der Waals surface area contributed by atoms with Crippen LogP contribution < -0.4 is 10.6 Å². The molecule has 0 amide bonds. The Morgan fingerprint density at radius 1 is 1.44 bits per heavy atom. The van der Waals surface area contributed by atoms with Crippen molar-refractivity contribution in [1.29, 1.82) is 0 Å². The number of aliphatic imine (C=N–C) groups is 1. The standard InChI is InChI=1S/C12H13BrFN3.HI/c1-3-4-16-12(15-2)17-8-9-5-10(13)7-11(14)6-9;/h1,5-7H,4,8H2,2H3,(H2,15,16,17);1H. The first-order chi connectivity index (χ1) is 8.15. The van der Waals surface area contributed by atoms with Gasteiger partial charge in [-0.25, -0.2) is 4.39 Å². The van der Waals surface area contributed by atoms with Crippen LogP contribution in [-0.4, -0.2) is 19.6 Å². The molecule has 1 rings (SSSR count). The van der Waals surface area contributed by atoms with Gasteiger partial charge in [-0.1, -0.05) is 21.9 Å². The number of rotatable bonds is 3. The minimum atomic E-state index is -0.275. The molecule has 0 fully saturated rings. The van der Waals surface area contributed by atoms with Crippen LogP contribution in [0.15, 0.2) is 27.7 Å². The number of guanidine groups is 1. The lowest BCUT2D eigenvalue weighted by molar-refractivity contribution is 0.623. The highest BCUT2D eigenvalue weighted by Crippen LogP contribution is 2.14. The summed E-state index contributed by atoms with van der Waals surface area (Å²) >= 11 is 3.24. The highest BCUT2D eigenvalue weighted by molar-refractivity contribution is 14.0. The van der Waals surface area contributed by atoms with Crippen LogP contribution in [0.1, 0.15) is 5.56 Å². The summed E-state index contributed by atoms with van der Waals surface area (Å²) in [6, 6.07) is 4.71. The lowest BCUT2D eigenvalue weighted by atomic mass is 10.2. The molecule has 0 heterocycles. The molecule has 0 spiro atoms. The summed E-state index contributed by atoms with van der Waals surface area (Å²) in [6.07, 6.45) is 5.13. The van der Waals surface area contributed by atoms with E-state index in [2.05, 4.69) is 37.5 Å². The molecule has 1 aromatic rings. The molecule has 0 aliphatic heterocycles. The third-order valence-corrected chi connectivity index (χ3v) is 2.42. The van der Waals surface area contributed by atoms with Crippen molar-refractivity contribution in [1.82, 2.24) is 10.6 Å². The summed E-state index contributed by atoms with van der Waals surface area (Å²) < 4.78 is 13.8. The molecule has 0 aromatic heterocycles. The number of nitrogens with zero attached hydrogens (tertiary/aromatic N) is 1. The first kappa shape index (κ1) is 17.2. The van der Waals surface area contributed by atoms with E-state index in [9.17, 15) is 4.39 Å². The Morgan fingerprint density at radius 2 is 2.17 bits per heavy atom. The van der Waals surface area contributed by atoms with Crippen molar-refractivity contribution in [2.24, 2.45) is 4.99 Å². The van der Waals surface area contributed by atoms with E-state index in [1.54, 1.807) is 7.05 Å². The van der Waals surface area contributed by atoms with Crippen LogP contribution in [-0.2, 0) is 6.54 Å². The second-order valence-corrected chi connectivity index (χ2v) is 4.18. The fourth-order valence-electron chi connectivity index (χ4n) is 1.25. The Balaban J connectivity index is 0.00000289. The van der Waals surface area contributed by atoms with Gasteiger partial charge in [-0.15, -0.1) is 30.4 Å². The first-order valence-electron chi connectivity index (χ1n) is 4.98. The van der Waals surface area contributed by atoms with Gasteiger partial charge in [0, 0.05) is 18.1 Å². The van der Waals surface area contributed by atoms with Crippen molar-refractivity contribution >= 4 is 45.9 Å². The quantitative estimate of drug-likeness (QED) is 0.338. The fourth-order valence-corrected chi connectivity index (χ4v) is 1.77. The largest absolute Gasteiger partial charge is 0.352 e. The maximum atomic E-state index is 13.1. The van der Waals surface area contributed by atoms with Crippen molar-refractivity contribution in [3.05, 3.63) is 34.1 Å². The van der Waals surface area contributed by atoms with Gasteiger partial charge in [-0.05, 0) is 23.8 Å². The number of hydrogen-bond acceptors (Lipinski definition) is 1. The molecular weight excluding hydrogens is 412 g/mol. The zero-order chi connectivity index (χ0) is 12.7. The average Bonchev–Trinajstić information content (AvgIpc) is 2.28. The number of terminal acetylenes is 1. The topological polar surface area (TPSA) is 36.4 Å². The Kier molecular flexibility index (Phi) is 8.75. The predicted molar refractivity (Wildman–Crippen MR) is 86.5 cm³/mol. The Bertz CT molecular complexity index is 437. The highest BCUT2D eigenvalue weighted by atomic mass is 127. The van der Waals surface area contributed by atoms with Crippen LogP contribution in [0.25, 0.3) is 0 Å². The van der Waals surface area contributed by atoms with Gasteiger partial charge in [0.25, 0.3) is 0 Å². The van der Waals surface area contributed by atoms with Crippen molar-refractivity contribution in [3.63, 3.8) is 0 Å². The van der Waals surface area contributed by atoms with Gasteiger partial charge in [0.15, 0.2) is 5.96 Å². The van der Waals surface area contributed by atoms with Crippen LogP contribution in [0.3, 0.4) is 0 Å². The third-order valence-electron chi connectivity index (χ3n) is 1.96. The van der Waals surface area contributed by atoms with Gasteiger partial charge in [0.1, 0.15) is 5.82 Å². The Morgan fingerprint density at radius 3 is 2.72 bits per heavy atom. The van der Waals surface area contributed by atoms with E-state index < -0.39 is 0 Å². The lowest BCUT2D eigenvalue weighted by Gasteiger charge is -2.10. The van der Waals surface area contributed by atoms with Crippen LogP contribution in [0.2, 0.25) is 0 Å². The first-order valence-corrected chi connectivity index (χ1v) is 5.78. The molecule has 0 aliphatic carbocycles. The van der Waals surface area contributed by atoms with E-state index >= 15 is 0 Å². The number of halogens is 3. The summed E-state index contributed by atoms with van der Waals surface area (Å²) in [4.78, 5) is 3.98. The van der Waals surface area contributed by atoms with E-state index in [-0.39, 0.29) is 29.8 Å². The van der Waals surface area contributed by atoms with E-state index in [4.69, 9.17) is 6.42 Å². The summed E-state index contributed by atoms with van der Waals surface area (Å²) in [6.45, 7) is 0.868. The van der Waals surface area contributed by atoms with Gasteiger partial charge in [-0.3, -0.25) is 4.99 Å². The maximum Gasteiger partial charge on any atom is 0.192 e. The molecule has 1 aromatic carbocycles. The van der Waals surface area contributed by atoms with Crippen molar-refractivity contribution < 1.29 is 4.39 Å².